The van der Waals surface area contributed by atoms with E-state index in [1.807, 2.05) is 0 Å². The van der Waals surface area contributed by atoms with Crippen LogP contribution < -0.4 is 0 Å². The number of rotatable bonds is 11. The van der Waals surface area contributed by atoms with Gasteiger partial charge in [-0.05, 0) is 61.7 Å². The van der Waals surface area contributed by atoms with Crippen molar-refractivity contribution in [3.63, 3.8) is 0 Å². The summed E-state index contributed by atoms with van der Waals surface area (Å²) in [4.78, 5) is 0. The van der Waals surface area contributed by atoms with E-state index >= 15 is 0 Å². The molecule has 0 aromatic heterocycles. The molecule has 0 nitrogen and oxygen atoms in total. The Morgan fingerprint density at radius 1 is 0.354 bits per heavy atom. The molecule has 0 unspecified atom stereocenters. The topological polar surface area (TPSA) is 0 Å². The van der Waals surface area contributed by atoms with Crippen LogP contribution in [0.5, 0.6) is 0 Å². The van der Waals surface area contributed by atoms with E-state index in [9.17, 15) is 114 Å². The van der Waals surface area contributed by atoms with Gasteiger partial charge in [0.1, 0.15) is 0 Å². The van der Waals surface area contributed by atoms with Crippen molar-refractivity contribution in [1.29, 1.82) is 0 Å². The molecule has 0 radical (unpaired) electrons. The zero-order valence-corrected chi connectivity index (χ0v) is 24.1. The summed E-state index contributed by atoms with van der Waals surface area (Å²) in [6.45, 7) is 0. The van der Waals surface area contributed by atoms with E-state index in [0.29, 0.717) is 0 Å². The number of hydrogen-bond donors (Lipinski definition) is 0. The highest BCUT2D eigenvalue weighted by Gasteiger charge is 2.92. The van der Waals surface area contributed by atoms with Gasteiger partial charge in [-0.25, -0.2) is 0 Å². The maximum atomic E-state index is 14.7. The minimum Gasteiger partial charge on any atom is -0.194 e. The molecule has 0 heterocycles. The second-order valence-corrected chi connectivity index (χ2v) is 11.8. The first-order chi connectivity index (χ1) is 20.5. The maximum Gasteiger partial charge on any atom is 0.460 e. The molecule has 0 saturated heterocycles. The fourth-order valence-electron chi connectivity index (χ4n) is 3.13. The monoisotopic (exact) mass is 896 g/mol. The predicted molar refractivity (Wildman–Crippen MR) is 112 cm³/mol. The lowest BCUT2D eigenvalue weighted by atomic mass is 9.86. The Bertz CT molecular complexity index is 1280. The lowest BCUT2D eigenvalue weighted by molar-refractivity contribution is -0.442. The highest BCUT2D eigenvalue weighted by atomic mass is 79.9. The van der Waals surface area contributed by atoms with Crippen LogP contribution in [0.1, 0.15) is 16.7 Å². The standard InChI is InChI=1S/C20H4Br2F26/c21-8(22)3-5-1-6(9(23,24)11(27,28)13(31,32)15(35,36)17(39,40)19(43,44)45)4-7(2-5)10(25,26)12(29,30)14(33,34)16(37,38)18(41,42)20(46,47)48/h1-4H. The van der Waals surface area contributed by atoms with Gasteiger partial charge in [0, 0.05) is 11.1 Å². The molecule has 0 atom stereocenters. The van der Waals surface area contributed by atoms with Crippen LogP contribution in [-0.2, 0) is 11.8 Å². The average Bonchev–Trinajstić information content (AvgIpc) is 2.85. The van der Waals surface area contributed by atoms with Crippen LogP contribution in [0, 0.1) is 0 Å². The third-order valence-electron chi connectivity index (χ3n) is 5.82. The molecule has 1 rings (SSSR count). The van der Waals surface area contributed by atoms with Crippen LogP contribution in [0.2, 0.25) is 0 Å². The Balaban J connectivity index is 4.20. The van der Waals surface area contributed by atoms with Gasteiger partial charge in [0.2, 0.25) is 0 Å². The number of alkyl halides is 26. The summed E-state index contributed by atoms with van der Waals surface area (Å²) >= 11 is 4.45. The molecule has 0 bridgehead atoms. The first-order valence-corrected chi connectivity index (χ1v) is 12.2. The van der Waals surface area contributed by atoms with Crippen LogP contribution >= 0.6 is 31.9 Å². The minimum absolute atomic E-state index is 0.134. The van der Waals surface area contributed by atoms with Gasteiger partial charge in [-0.2, -0.15) is 114 Å². The molecular weight excluding hydrogens is 894 g/mol. The van der Waals surface area contributed by atoms with E-state index in [1.165, 1.54) is 0 Å². The van der Waals surface area contributed by atoms with Crippen molar-refractivity contribution in [1.82, 2.24) is 0 Å². The van der Waals surface area contributed by atoms with Gasteiger partial charge in [-0.1, -0.05) is 0 Å². The normalized spacial score (nSPS) is 15.9. The number of halogens is 28. The van der Waals surface area contributed by atoms with Crippen molar-refractivity contribution in [2.45, 2.75) is 71.6 Å². The predicted octanol–water partition coefficient (Wildman–Crippen LogP) is 12.2. The fraction of sp³-hybridized carbons (Fsp3) is 0.600. The van der Waals surface area contributed by atoms with E-state index in [-0.39, 0.29) is 6.08 Å². The maximum absolute atomic E-state index is 14.7. The summed E-state index contributed by atoms with van der Waals surface area (Å²) < 4.78 is 351. The lowest BCUT2D eigenvalue weighted by Crippen LogP contribution is -2.69. The Kier molecular flexibility index (Phi) is 10.9. The van der Waals surface area contributed by atoms with E-state index in [2.05, 4.69) is 31.9 Å². The minimum atomic E-state index is -8.64. The summed E-state index contributed by atoms with van der Waals surface area (Å²) in [5.41, 5.74) is -9.09. The highest BCUT2D eigenvalue weighted by Crippen LogP contribution is 2.64. The summed E-state index contributed by atoms with van der Waals surface area (Å²) in [5, 5.41) is 0. The molecule has 28 heteroatoms. The van der Waals surface area contributed by atoms with Gasteiger partial charge in [0.15, 0.2) is 0 Å². The second kappa shape index (κ2) is 11.8. The first kappa shape index (κ1) is 44.1. The molecule has 0 aliphatic heterocycles. The van der Waals surface area contributed by atoms with Crippen LogP contribution in [0.3, 0.4) is 0 Å². The fourth-order valence-corrected chi connectivity index (χ4v) is 3.65. The van der Waals surface area contributed by atoms with Crippen LogP contribution in [0.15, 0.2) is 21.6 Å². The molecule has 0 fully saturated rings. The smallest absolute Gasteiger partial charge is 0.194 e. The highest BCUT2D eigenvalue weighted by molar-refractivity contribution is 9.28. The zero-order valence-electron chi connectivity index (χ0n) is 20.9. The van der Waals surface area contributed by atoms with Crippen LogP contribution in [-0.4, -0.2) is 59.7 Å². The molecule has 1 aromatic carbocycles. The quantitative estimate of drug-likeness (QED) is 0.194. The molecule has 0 spiro atoms. The SMILES string of the molecule is FC(F)(F)C(F)(F)C(F)(F)C(F)(F)C(F)(F)C(F)(F)c1cc(C=C(Br)Br)cc(C(F)(F)C(F)(F)C(F)(F)C(F)(F)C(F)(F)C(F)(F)F)c1. The second-order valence-electron chi connectivity index (χ2n) is 9.02. The van der Waals surface area contributed by atoms with Crippen molar-refractivity contribution in [3.8, 4) is 0 Å². The molecule has 280 valence electrons. The van der Waals surface area contributed by atoms with Gasteiger partial charge in [0.05, 0.1) is 3.39 Å². The third kappa shape index (κ3) is 6.08. The van der Waals surface area contributed by atoms with E-state index in [1.54, 1.807) is 0 Å². The first-order valence-electron chi connectivity index (χ1n) is 10.6. The van der Waals surface area contributed by atoms with Gasteiger partial charge in [0.25, 0.3) is 0 Å². The molecule has 0 aliphatic carbocycles. The lowest BCUT2D eigenvalue weighted by Gasteiger charge is -2.40. The molecule has 1 aromatic rings. The molecular formula is C20H4Br2F26. The largest absolute Gasteiger partial charge is 0.460 e. The van der Waals surface area contributed by atoms with Gasteiger partial charge in [-0.15, -0.1) is 0 Å². The summed E-state index contributed by atoms with van der Waals surface area (Å²) in [6, 6.07) is -3.75. The van der Waals surface area contributed by atoms with Gasteiger partial charge in [-0.3, -0.25) is 0 Å². The van der Waals surface area contributed by atoms with E-state index in [0.717, 1.165) is 0 Å². The average molecular weight is 898 g/mol. The molecule has 0 saturated carbocycles. The third-order valence-corrected chi connectivity index (χ3v) is 6.28. The van der Waals surface area contributed by atoms with Crippen molar-refractivity contribution in [2.24, 2.45) is 0 Å². The van der Waals surface area contributed by atoms with Crippen molar-refractivity contribution in [2.75, 3.05) is 0 Å². The van der Waals surface area contributed by atoms with Gasteiger partial charge >= 0.3 is 71.6 Å². The van der Waals surface area contributed by atoms with Crippen molar-refractivity contribution < 1.29 is 114 Å². The van der Waals surface area contributed by atoms with Crippen molar-refractivity contribution in [3.05, 3.63) is 38.3 Å². The van der Waals surface area contributed by atoms with Crippen LogP contribution in [0.4, 0.5) is 114 Å². The Hall–Kier alpha value is -1.90. The van der Waals surface area contributed by atoms with Crippen molar-refractivity contribution >= 4 is 37.9 Å². The molecule has 0 aliphatic rings. The Morgan fingerprint density at radius 2 is 0.583 bits per heavy atom. The Morgan fingerprint density at radius 3 is 0.792 bits per heavy atom. The number of hydrogen-bond acceptors (Lipinski definition) is 0. The molecule has 0 N–H and O–H groups in total. The summed E-state index contributed by atoms with van der Waals surface area (Å²) in [5.74, 6) is -83.0. The zero-order chi connectivity index (χ0) is 39.1. The number of benzene rings is 1. The van der Waals surface area contributed by atoms with E-state index < -0.39 is 110 Å². The molecule has 48 heavy (non-hydrogen) atoms. The summed E-state index contributed by atoms with van der Waals surface area (Å²) in [7, 11) is 0. The van der Waals surface area contributed by atoms with E-state index in [4.69, 9.17) is 0 Å². The summed E-state index contributed by atoms with van der Waals surface area (Å²) in [6.07, 6.45) is -16.0. The van der Waals surface area contributed by atoms with Crippen LogP contribution in [0.25, 0.3) is 6.08 Å². The Labute approximate surface area is 262 Å². The molecule has 0 amide bonds. The van der Waals surface area contributed by atoms with Gasteiger partial charge < -0.3 is 0 Å².